The van der Waals surface area contributed by atoms with Crippen molar-refractivity contribution in [1.29, 1.82) is 0 Å². The van der Waals surface area contributed by atoms with E-state index in [-0.39, 0.29) is 5.91 Å². The predicted octanol–water partition coefficient (Wildman–Crippen LogP) is 2.81. The van der Waals surface area contributed by atoms with Gasteiger partial charge in [0.15, 0.2) is 0 Å². The summed E-state index contributed by atoms with van der Waals surface area (Å²) in [7, 11) is 1.64. The topological polar surface area (TPSA) is 32.8 Å². The molecule has 0 saturated carbocycles. The molecule has 0 radical (unpaired) electrons. The van der Waals surface area contributed by atoms with Crippen LogP contribution in [0.2, 0.25) is 0 Å². The molecule has 2 aliphatic rings. The van der Waals surface area contributed by atoms with E-state index < -0.39 is 0 Å². The lowest BCUT2D eigenvalue weighted by molar-refractivity contribution is 0.0614. The predicted molar refractivity (Wildman–Crippen MR) is 91.8 cm³/mol. The molecule has 1 heterocycles. The maximum absolute atomic E-state index is 12.6. The standard InChI is InChI=1S/C19H26N2O2/c1-23-18-9-7-17(8-10-18)19(22)21-13-11-20(12-14-21)15-16-5-3-2-4-6-16/h2-3,7-10,16H,4-6,11-15H2,1H3/t16-/m1/s1. The molecule has 0 unspecified atom stereocenters. The zero-order valence-electron chi connectivity index (χ0n) is 13.9. The van der Waals surface area contributed by atoms with Gasteiger partial charge in [-0.2, -0.15) is 0 Å². The van der Waals surface area contributed by atoms with Crippen molar-refractivity contribution in [2.24, 2.45) is 5.92 Å². The fourth-order valence-corrected chi connectivity index (χ4v) is 3.44. The van der Waals surface area contributed by atoms with Gasteiger partial charge in [-0.1, -0.05) is 12.2 Å². The molecule has 1 aromatic carbocycles. The Hall–Kier alpha value is -1.81. The van der Waals surface area contributed by atoms with Gasteiger partial charge in [0.1, 0.15) is 5.75 Å². The van der Waals surface area contributed by atoms with Gasteiger partial charge in [0.05, 0.1) is 7.11 Å². The van der Waals surface area contributed by atoms with Crippen LogP contribution in [-0.2, 0) is 0 Å². The normalized spacial score (nSPS) is 22.1. The van der Waals surface area contributed by atoms with Crippen LogP contribution in [-0.4, -0.2) is 55.5 Å². The van der Waals surface area contributed by atoms with Crippen molar-refractivity contribution in [1.82, 2.24) is 9.80 Å². The van der Waals surface area contributed by atoms with E-state index in [1.807, 2.05) is 29.2 Å². The van der Waals surface area contributed by atoms with Crippen molar-refractivity contribution in [3.8, 4) is 5.75 Å². The van der Waals surface area contributed by atoms with Crippen LogP contribution in [0.3, 0.4) is 0 Å². The Labute approximate surface area is 138 Å². The lowest BCUT2D eigenvalue weighted by atomic mass is 9.94. The summed E-state index contributed by atoms with van der Waals surface area (Å²) in [6.45, 7) is 4.81. The first kappa shape index (κ1) is 16.1. The third-order valence-electron chi connectivity index (χ3n) is 4.89. The Morgan fingerprint density at radius 3 is 2.48 bits per heavy atom. The molecule has 3 rings (SSSR count). The zero-order chi connectivity index (χ0) is 16.1. The summed E-state index contributed by atoms with van der Waals surface area (Å²) in [5.74, 6) is 1.71. The molecule has 1 fully saturated rings. The molecule has 23 heavy (non-hydrogen) atoms. The van der Waals surface area contributed by atoms with Gasteiger partial charge in [-0.05, 0) is 49.4 Å². The van der Waals surface area contributed by atoms with Gasteiger partial charge in [0.25, 0.3) is 5.91 Å². The number of hydrogen-bond acceptors (Lipinski definition) is 3. The second-order valence-corrected chi connectivity index (χ2v) is 6.47. The van der Waals surface area contributed by atoms with Crippen molar-refractivity contribution < 1.29 is 9.53 Å². The Morgan fingerprint density at radius 2 is 1.87 bits per heavy atom. The minimum Gasteiger partial charge on any atom is -0.497 e. The van der Waals surface area contributed by atoms with Crippen molar-refractivity contribution in [3.05, 3.63) is 42.0 Å². The second kappa shape index (κ2) is 7.64. The fourth-order valence-electron chi connectivity index (χ4n) is 3.44. The largest absolute Gasteiger partial charge is 0.497 e. The molecule has 0 aromatic heterocycles. The third-order valence-corrected chi connectivity index (χ3v) is 4.89. The van der Waals surface area contributed by atoms with Crippen LogP contribution in [0, 0.1) is 5.92 Å². The van der Waals surface area contributed by atoms with Crippen molar-refractivity contribution >= 4 is 5.91 Å². The van der Waals surface area contributed by atoms with Crippen LogP contribution in [0.25, 0.3) is 0 Å². The van der Waals surface area contributed by atoms with Crippen molar-refractivity contribution in [2.45, 2.75) is 19.3 Å². The van der Waals surface area contributed by atoms with E-state index in [1.54, 1.807) is 7.11 Å². The maximum atomic E-state index is 12.6. The summed E-state index contributed by atoms with van der Waals surface area (Å²) in [5, 5.41) is 0. The number of piperazine rings is 1. The summed E-state index contributed by atoms with van der Waals surface area (Å²) in [6.07, 6.45) is 8.35. The molecule has 0 N–H and O–H groups in total. The first-order chi connectivity index (χ1) is 11.3. The molecular weight excluding hydrogens is 288 g/mol. The average Bonchev–Trinajstić information content (AvgIpc) is 2.63. The Balaban J connectivity index is 1.49. The monoisotopic (exact) mass is 314 g/mol. The van der Waals surface area contributed by atoms with E-state index in [9.17, 15) is 4.79 Å². The highest BCUT2D eigenvalue weighted by atomic mass is 16.5. The van der Waals surface area contributed by atoms with Gasteiger partial charge in [0.2, 0.25) is 0 Å². The van der Waals surface area contributed by atoms with Gasteiger partial charge < -0.3 is 9.64 Å². The van der Waals surface area contributed by atoms with Gasteiger partial charge in [-0.3, -0.25) is 9.69 Å². The number of ether oxygens (including phenoxy) is 1. The molecule has 1 amide bonds. The number of hydrogen-bond donors (Lipinski definition) is 0. The second-order valence-electron chi connectivity index (χ2n) is 6.47. The average molecular weight is 314 g/mol. The lowest BCUT2D eigenvalue weighted by Gasteiger charge is -2.36. The van der Waals surface area contributed by atoms with Crippen LogP contribution in [0.1, 0.15) is 29.6 Å². The van der Waals surface area contributed by atoms with Gasteiger partial charge in [0, 0.05) is 38.3 Å². The minimum absolute atomic E-state index is 0.132. The Kier molecular flexibility index (Phi) is 5.34. The summed E-state index contributed by atoms with van der Waals surface area (Å²) in [5.41, 5.74) is 0.747. The molecule has 0 spiro atoms. The highest BCUT2D eigenvalue weighted by Gasteiger charge is 2.23. The number of allylic oxidation sites excluding steroid dienone is 2. The highest BCUT2D eigenvalue weighted by molar-refractivity contribution is 5.94. The molecule has 1 aliphatic carbocycles. The summed E-state index contributed by atoms with van der Waals surface area (Å²) < 4.78 is 5.14. The van der Waals surface area contributed by atoms with Crippen LogP contribution in [0.5, 0.6) is 5.75 Å². The lowest BCUT2D eigenvalue weighted by Crippen LogP contribution is -2.49. The Morgan fingerprint density at radius 1 is 1.13 bits per heavy atom. The third kappa shape index (κ3) is 4.14. The Bertz CT molecular complexity index is 545. The molecule has 1 aromatic rings. The molecule has 1 aliphatic heterocycles. The van der Waals surface area contributed by atoms with E-state index in [0.717, 1.165) is 43.4 Å². The number of rotatable bonds is 4. The summed E-state index contributed by atoms with van der Waals surface area (Å²) in [6, 6.07) is 7.39. The molecular formula is C19H26N2O2. The summed E-state index contributed by atoms with van der Waals surface area (Å²) >= 11 is 0. The number of methoxy groups -OCH3 is 1. The highest BCUT2D eigenvalue weighted by Crippen LogP contribution is 2.20. The molecule has 4 nitrogen and oxygen atoms in total. The molecule has 0 bridgehead atoms. The first-order valence-corrected chi connectivity index (χ1v) is 8.57. The van der Waals surface area contributed by atoms with Crippen molar-refractivity contribution in [3.63, 3.8) is 0 Å². The fraction of sp³-hybridized carbons (Fsp3) is 0.526. The minimum atomic E-state index is 0.132. The maximum Gasteiger partial charge on any atom is 0.253 e. The van der Waals surface area contributed by atoms with Gasteiger partial charge in [-0.25, -0.2) is 0 Å². The van der Waals surface area contributed by atoms with Crippen LogP contribution in [0.4, 0.5) is 0 Å². The number of amides is 1. The number of nitrogens with zero attached hydrogens (tertiary/aromatic N) is 2. The van der Waals surface area contributed by atoms with Crippen LogP contribution in [0.15, 0.2) is 36.4 Å². The first-order valence-electron chi connectivity index (χ1n) is 8.57. The number of benzene rings is 1. The van der Waals surface area contributed by atoms with E-state index in [0.29, 0.717) is 0 Å². The SMILES string of the molecule is COc1ccc(C(=O)N2CCN(C[C@@H]3CC=CCC3)CC2)cc1. The molecule has 1 atom stereocenters. The smallest absolute Gasteiger partial charge is 0.253 e. The zero-order valence-corrected chi connectivity index (χ0v) is 13.9. The van der Waals surface area contributed by atoms with E-state index in [1.165, 1.54) is 25.8 Å². The molecule has 124 valence electrons. The van der Waals surface area contributed by atoms with E-state index in [4.69, 9.17) is 4.74 Å². The van der Waals surface area contributed by atoms with E-state index in [2.05, 4.69) is 17.1 Å². The van der Waals surface area contributed by atoms with Crippen molar-refractivity contribution in [2.75, 3.05) is 39.8 Å². The number of carbonyl (C=O) groups excluding carboxylic acids is 1. The van der Waals surface area contributed by atoms with Gasteiger partial charge in [-0.15, -0.1) is 0 Å². The molecule has 4 heteroatoms. The quantitative estimate of drug-likeness (QED) is 0.801. The van der Waals surface area contributed by atoms with E-state index >= 15 is 0 Å². The number of carbonyl (C=O) groups is 1. The van der Waals surface area contributed by atoms with Crippen LogP contribution >= 0.6 is 0 Å². The molecule has 1 saturated heterocycles. The van der Waals surface area contributed by atoms with Gasteiger partial charge >= 0.3 is 0 Å². The van der Waals surface area contributed by atoms with Crippen LogP contribution < -0.4 is 4.74 Å². The summed E-state index contributed by atoms with van der Waals surface area (Å²) in [4.78, 5) is 17.0.